The van der Waals surface area contributed by atoms with Crippen LogP contribution in [-0.2, 0) is 10.0 Å². The molecule has 0 fully saturated rings. The second-order valence-corrected chi connectivity index (χ2v) is 7.34. The van der Waals surface area contributed by atoms with Crippen molar-refractivity contribution < 1.29 is 13.2 Å². The molecule has 0 bridgehead atoms. The average molecular weight is 484 g/mol. The summed E-state index contributed by atoms with van der Waals surface area (Å²) in [5.74, 6) is 1.49. The van der Waals surface area contributed by atoms with E-state index in [2.05, 4.69) is 20.3 Å². The van der Waals surface area contributed by atoms with Crippen molar-refractivity contribution in [1.82, 2.24) is 15.4 Å². The van der Waals surface area contributed by atoms with Crippen molar-refractivity contribution in [3.63, 3.8) is 0 Å². The van der Waals surface area contributed by atoms with Gasteiger partial charge in [0.15, 0.2) is 5.96 Å². The first-order chi connectivity index (χ1) is 11.3. The quantitative estimate of drug-likeness (QED) is 0.214. The van der Waals surface area contributed by atoms with Crippen LogP contribution in [0.2, 0.25) is 0 Å². The molecule has 144 valence electrons. The van der Waals surface area contributed by atoms with E-state index in [1.165, 1.54) is 0 Å². The third kappa shape index (κ3) is 11.2. The van der Waals surface area contributed by atoms with Gasteiger partial charge in [-0.3, -0.25) is 0 Å². The van der Waals surface area contributed by atoms with E-state index in [1.807, 2.05) is 45.0 Å². The van der Waals surface area contributed by atoms with Gasteiger partial charge in [-0.25, -0.2) is 18.1 Å². The normalized spacial score (nSPS) is 12.9. The molecule has 0 radical (unpaired) electrons. The largest absolute Gasteiger partial charge is 0.489 e. The Bertz CT molecular complexity index is 638. The van der Waals surface area contributed by atoms with Crippen LogP contribution in [-0.4, -0.2) is 52.9 Å². The molecule has 1 rings (SSSR count). The predicted octanol–water partition coefficient (Wildman–Crippen LogP) is 1.48. The number of aryl methyl sites for hydroxylation is 1. The van der Waals surface area contributed by atoms with E-state index in [1.54, 1.807) is 0 Å². The summed E-state index contributed by atoms with van der Waals surface area (Å²) < 4.78 is 30.3. The molecule has 7 nitrogen and oxygen atoms in total. The number of benzene rings is 1. The minimum absolute atomic E-state index is 0. The van der Waals surface area contributed by atoms with Crippen LogP contribution >= 0.6 is 24.0 Å². The molecule has 1 unspecified atom stereocenters. The molecule has 25 heavy (non-hydrogen) atoms. The lowest BCUT2D eigenvalue weighted by Gasteiger charge is -2.16. The monoisotopic (exact) mass is 484 g/mol. The summed E-state index contributed by atoms with van der Waals surface area (Å²) in [5, 5.41) is 6.20. The van der Waals surface area contributed by atoms with Gasteiger partial charge in [-0.1, -0.05) is 18.2 Å². The van der Waals surface area contributed by atoms with Crippen LogP contribution in [0.15, 0.2) is 29.3 Å². The number of nitrogens with one attached hydrogen (secondary N) is 3. The van der Waals surface area contributed by atoms with E-state index in [4.69, 9.17) is 4.74 Å². The lowest BCUT2D eigenvalue weighted by atomic mass is 10.2. The van der Waals surface area contributed by atoms with E-state index < -0.39 is 10.0 Å². The molecule has 1 aromatic carbocycles. The zero-order valence-electron chi connectivity index (χ0n) is 15.2. The van der Waals surface area contributed by atoms with Crippen molar-refractivity contribution >= 4 is 40.0 Å². The van der Waals surface area contributed by atoms with Crippen LogP contribution in [0, 0.1) is 6.92 Å². The summed E-state index contributed by atoms with van der Waals surface area (Å²) >= 11 is 0. The number of para-hydroxylation sites is 1. The first-order valence-corrected chi connectivity index (χ1v) is 9.90. The van der Waals surface area contributed by atoms with Crippen molar-refractivity contribution in [1.29, 1.82) is 0 Å². The number of hydrogen-bond donors (Lipinski definition) is 3. The molecule has 0 aliphatic carbocycles. The molecule has 0 spiro atoms. The number of guanidine groups is 1. The van der Waals surface area contributed by atoms with Crippen LogP contribution in [0.3, 0.4) is 0 Å². The predicted molar refractivity (Wildman–Crippen MR) is 114 cm³/mol. The third-order valence-corrected chi connectivity index (χ3v) is 3.78. The Labute approximate surface area is 168 Å². The summed E-state index contributed by atoms with van der Waals surface area (Å²) in [6, 6.07) is 7.86. The minimum atomic E-state index is -3.17. The minimum Gasteiger partial charge on any atom is -0.489 e. The Hall–Kier alpha value is -1.07. The molecule has 0 saturated carbocycles. The fourth-order valence-electron chi connectivity index (χ4n) is 1.92. The van der Waals surface area contributed by atoms with Crippen LogP contribution in [0.1, 0.15) is 19.4 Å². The summed E-state index contributed by atoms with van der Waals surface area (Å²) in [4.78, 5) is 4.47. The summed E-state index contributed by atoms with van der Waals surface area (Å²) in [6.07, 6.45) is 1.06. The first-order valence-electron chi connectivity index (χ1n) is 8.01. The van der Waals surface area contributed by atoms with Gasteiger partial charge in [-0.15, -0.1) is 24.0 Å². The van der Waals surface area contributed by atoms with Gasteiger partial charge < -0.3 is 15.4 Å². The van der Waals surface area contributed by atoms with Gasteiger partial charge in [0.25, 0.3) is 0 Å². The smallest absolute Gasteiger partial charge is 0.208 e. The van der Waals surface area contributed by atoms with Gasteiger partial charge in [0.2, 0.25) is 10.0 Å². The SMILES string of the molecule is CCNC(=NCC(C)Oc1ccccc1C)NCCNS(C)(=O)=O.I. The zero-order valence-corrected chi connectivity index (χ0v) is 18.4. The molecule has 3 N–H and O–H groups in total. The van der Waals surface area contributed by atoms with E-state index in [0.29, 0.717) is 25.6 Å². The number of nitrogens with zero attached hydrogens (tertiary/aromatic N) is 1. The van der Waals surface area contributed by atoms with Crippen LogP contribution < -0.4 is 20.1 Å². The Morgan fingerprint density at radius 2 is 1.92 bits per heavy atom. The highest BCUT2D eigenvalue weighted by atomic mass is 127. The molecule has 0 aromatic heterocycles. The zero-order chi connectivity index (χ0) is 18.0. The lowest BCUT2D eigenvalue weighted by Crippen LogP contribution is -2.41. The first kappa shape index (κ1) is 23.9. The van der Waals surface area contributed by atoms with Crippen molar-refractivity contribution in [3.05, 3.63) is 29.8 Å². The van der Waals surface area contributed by atoms with Crippen molar-refractivity contribution in [3.8, 4) is 5.75 Å². The lowest BCUT2D eigenvalue weighted by molar-refractivity contribution is 0.228. The molecule has 0 aliphatic rings. The van der Waals surface area contributed by atoms with Gasteiger partial charge in [0.05, 0.1) is 12.8 Å². The highest BCUT2D eigenvalue weighted by molar-refractivity contribution is 14.0. The molecular weight excluding hydrogens is 455 g/mol. The Kier molecular flexibility index (Phi) is 11.8. The average Bonchev–Trinajstić information content (AvgIpc) is 2.50. The summed E-state index contributed by atoms with van der Waals surface area (Å²) in [7, 11) is -3.17. The maximum Gasteiger partial charge on any atom is 0.208 e. The highest BCUT2D eigenvalue weighted by Crippen LogP contribution is 2.17. The fraction of sp³-hybridized carbons (Fsp3) is 0.562. The number of halogens is 1. The van der Waals surface area contributed by atoms with Gasteiger partial charge >= 0.3 is 0 Å². The molecule has 9 heteroatoms. The van der Waals surface area contributed by atoms with E-state index in [9.17, 15) is 8.42 Å². The second kappa shape index (κ2) is 12.3. The third-order valence-electron chi connectivity index (χ3n) is 3.05. The second-order valence-electron chi connectivity index (χ2n) is 5.51. The molecule has 0 amide bonds. The molecule has 1 atom stereocenters. The van der Waals surface area contributed by atoms with E-state index in [-0.39, 0.29) is 30.1 Å². The Morgan fingerprint density at radius 3 is 2.52 bits per heavy atom. The number of sulfonamides is 1. The molecule has 0 aliphatic heterocycles. The van der Waals surface area contributed by atoms with Crippen LogP contribution in [0.5, 0.6) is 5.75 Å². The van der Waals surface area contributed by atoms with Crippen molar-refractivity contribution in [2.45, 2.75) is 26.9 Å². The number of aliphatic imine (C=N–C) groups is 1. The Balaban J connectivity index is 0.00000576. The highest BCUT2D eigenvalue weighted by Gasteiger charge is 2.06. The summed E-state index contributed by atoms with van der Waals surface area (Å²) in [5.41, 5.74) is 1.09. The van der Waals surface area contributed by atoms with Gasteiger partial charge in [-0.2, -0.15) is 0 Å². The molecule has 0 saturated heterocycles. The van der Waals surface area contributed by atoms with Crippen molar-refractivity contribution in [2.75, 3.05) is 32.4 Å². The van der Waals surface area contributed by atoms with Gasteiger partial charge in [0, 0.05) is 19.6 Å². The van der Waals surface area contributed by atoms with Crippen molar-refractivity contribution in [2.24, 2.45) is 4.99 Å². The molecule has 1 aromatic rings. The maximum absolute atomic E-state index is 11.0. The maximum atomic E-state index is 11.0. The Morgan fingerprint density at radius 1 is 1.24 bits per heavy atom. The fourth-order valence-corrected chi connectivity index (χ4v) is 2.39. The van der Waals surface area contributed by atoms with E-state index >= 15 is 0 Å². The number of rotatable bonds is 9. The van der Waals surface area contributed by atoms with Gasteiger partial charge in [0.1, 0.15) is 11.9 Å². The number of ether oxygens (including phenoxy) is 1. The molecule has 0 heterocycles. The number of hydrogen-bond acceptors (Lipinski definition) is 4. The summed E-state index contributed by atoms with van der Waals surface area (Å²) in [6.45, 7) is 7.90. The topological polar surface area (TPSA) is 91.8 Å². The van der Waals surface area contributed by atoms with Gasteiger partial charge in [-0.05, 0) is 32.4 Å². The molecular formula is C16H29IN4O3S. The van der Waals surface area contributed by atoms with Crippen LogP contribution in [0.4, 0.5) is 0 Å². The standard InChI is InChI=1S/C16H28N4O3S.HI/c1-5-17-16(18-10-11-20-24(4,21)22)19-12-14(3)23-15-9-7-6-8-13(15)2;/h6-9,14,20H,5,10-12H2,1-4H3,(H2,17,18,19);1H. The van der Waals surface area contributed by atoms with Crippen LogP contribution in [0.25, 0.3) is 0 Å². The van der Waals surface area contributed by atoms with E-state index in [0.717, 1.165) is 24.1 Å².